The van der Waals surface area contributed by atoms with Gasteiger partial charge in [0.2, 0.25) is 0 Å². The molecule has 14 heavy (non-hydrogen) atoms. The van der Waals surface area contributed by atoms with E-state index in [1.807, 2.05) is 0 Å². The zero-order valence-electron chi connectivity index (χ0n) is 7.25. The number of aromatic nitrogens is 1. The van der Waals surface area contributed by atoms with Gasteiger partial charge in [0, 0.05) is 11.6 Å². The van der Waals surface area contributed by atoms with Gasteiger partial charge in [0.05, 0.1) is 0 Å². The second kappa shape index (κ2) is 3.28. The van der Waals surface area contributed by atoms with Crippen LogP contribution in [-0.4, -0.2) is 27.3 Å². The molecule has 5 heteroatoms. The van der Waals surface area contributed by atoms with Crippen LogP contribution in [0.4, 0.5) is 0 Å². The smallest absolute Gasteiger partial charge is 0.489 e. The highest BCUT2D eigenvalue weighted by Crippen LogP contribution is 2.19. The van der Waals surface area contributed by atoms with E-state index in [-0.39, 0.29) is 5.75 Å². The molecule has 3 N–H and O–H groups in total. The summed E-state index contributed by atoms with van der Waals surface area (Å²) in [6.07, 6.45) is 1.54. The molecule has 0 saturated heterocycles. The number of benzene rings is 1. The van der Waals surface area contributed by atoms with Crippen LogP contribution >= 0.6 is 0 Å². The Morgan fingerprint density at radius 2 is 1.93 bits per heavy atom. The van der Waals surface area contributed by atoms with E-state index in [0.717, 1.165) is 0 Å². The summed E-state index contributed by atoms with van der Waals surface area (Å²) in [5.41, 5.74) is 0.712. The molecule has 2 rings (SSSR count). The summed E-state index contributed by atoms with van der Waals surface area (Å²) >= 11 is 0. The third-order valence-corrected chi connectivity index (χ3v) is 2.06. The summed E-state index contributed by atoms with van der Waals surface area (Å²) < 4.78 is 0. The average molecular weight is 189 g/mol. The van der Waals surface area contributed by atoms with Crippen molar-refractivity contribution in [2.75, 3.05) is 0 Å². The summed E-state index contributed by atoms with van der Waals surface area (Å²) in [7, 11) is -1.55. The van der Waals surface area contributed by atoms with E-state index in [9.17, 15) is 5.11 Å². The minimum atomic E-state index is -1.55. The van der Waals surface area contributed by atoms with Crippen molar-refractivity contribution in [3.63, 3.8) is 0 Å². The van der Waals surface area contributed by atoms with E-state index < -0.39 is 7.12 Å². The number of fused-ring (bicyclic) bond motifs is 1. The molecule has 70 valence electrons. The fourth-order valence-corrected chi connectivity index (χ4v) is 1.40. The largest absolute Gasteiger partial charge is 0.506 e. The van der Waals surface area contributed by atoms with Gasteiger partial charge in [-0.3, -0.25) is 4.98 Å². The number of pyridine rings is 1. The molecule has 0 fully saturated rings. The van der Waals surface area contributed by atoms with Gasteiger partial charge < -0.3 is 15.2 Å². The van der Waals surface area contributed by atoms with Crippen LogP contribution in [0.2, 0.25) is 0 Å². The molecule has 0 aliphatic heterocycles. The van der Waals surface area contributed by atoms with Crippen LogP contribution in [0.15, 0.2) is 30.5 Å². The molecule has 0 saturated carbocycles. The lowest BCUT2D eigenvalue weighted by atomic mass is 9.78. The molecule has 4 nitrogen and oxygen atoms in total. The second-order valence-corrected chi connectivity index (χ2v) is 2.95. The molecule has 0 amide bonds. The van der Waals surface area contributed by atoms with Gasteiger partial charge in [0.25, 0.3) is 0 Å². The lowest BCUT2D eigenvalue weighted by Gasteiger charge is -2.05. The second-order valence-electron chi connectivity index (χ2n) is 2.95. The maximum absolute atomic E-state index is 9.45. The molecule has 0 unspecified atom stereocenters. The quantitative estimate of drug-likeness (QED) is 0.534. The Labute approximate surface area is 80.6 Å². The number of hydrogen-bond acceptors (Lipinski definition) is 4. The lowest BCUT2D eigenvalue weighted by Crippen LogP contribution is -2.30. The average Bonchev–Trinajstić information content (AvgIpc) is 2.18. The van der Waals surface area contributed by atoms with Crippen molar-refractivity contribution in [1.29, 1.82) is 0 Å². The molecule has 0 atom stereocenters. The fourth-order valence-electron chi connectivity index (χ4n) is 1.40. The van der Waals surface area contributed by atoms with E-state index >= 15 is 0 Å². The van der Waals surface area contributed by atoms with Gasteiger partial charge in [0.15, 0.2) is 0 Å². The molecule has 1 aromatic heterocycles. The molecule has 0 aliphatic carbocycles. The van der Waals surface area contributed by atoms with E-state index in [1.54, 1.807) is 12.1 Å². The van der Waals surface area contributed by atoms with Gasteiger partial charge in [-0.1, -0.05) is 12.1 Å². The Kier molecular flexibility index (Phi) is 2.11. The number of nitrogens with zero attached hydrogens (tertiary/aromatic N) is 1. The highest BCUT2D eigenvalue weighted by Gasteiger charge is 2.16. The standard InChI is InChI=1S/C9H8BNO3/c12-8-4-3-7(10(13)14)6-2-1-5-11-9(6)8/h1-5,12-14H. The highest BCUT2D eigenvalue weighted by molar-refractivity contribution is 6.62. The normalized spacial score (nSPS) is 10.4. The minimum Gasteiger partial charge on any atom is -0.506 e. The summed E-state index contributed by atoms with van der Waals surface area (Å²) in [5, 5.41) is 28.1. The van der Waals surface area contributed by atoms with Gasteiger partial charge in [-0.05, 0) is 17.6 Å². The lowest BCUT2D eigenvalue weighted by molar-refractivity contribution is 0.426. The predicted octanol–water partition coefficient (Wildman–Crippen LogP) is -0.380. The first-order valence-corrected chi connectivity index (χ1v) is 4.13. The Balaban J connectivity index is 2.82. The van der Waals surface area contributed by atoms with Gasteiger partial charge in [0.1, 0.15) is 11.3 Å². The summed E-state index contributed by atoms with van der Waals surface area (Å²) in [4.78, 5) is 3.95. The molecule has 2 aromatic rings. The number of aromatic hydroxyl groups is 1. The fraction of sp³-hybridized carbons (Fsp3) is 0. The molecule has 0 radical (unpaired) electrons. The summed E-state index contributed by atoms with van der Waals surface area (Å²) in [6.45, 7) is 0. The third kappa shape index (κ3) is 1.32. The van der Waals surface area contributed by atoms with E-state index in [0.29, 0.717) is 16.4 Å². The first-order chi connectivity index (χ1) is 6.70. The zero-order chi connectivity index (χ0) is 10.1. The van der Waals surface area contributed by atoms with E-state index in [2.05, 4.69) is 4.98 Å². The van der Waals surface area contributed by atoms with Crippen LogP contribution in [0.5, 0.6) is 5.75 Å². The van der Waals surface area contributed by atoms with Gasteiger partial charge in [-0.15, -0.1) is 0 Å². The SMILES string of the molecule is OB(O)c1ccc(O)c2ncccc12. The first kappa shape index (κ1) is 8.99. The van der Waals surface area contributed by atoms with Crippen LogP contribution in [0.3, 0.4) is 0 Å². The Morgan fingerprint density at radius 1 is 1.14 bits per heavy atom. The van der Waals surface area contributed by atoms with Crippen molar-refractivity contribution >= 4 is 23.5 Å². The highest BCUT2D eigenvalue weighted by atomic mass is 16.4. The predicted molar refractivity (Wildman–Crippen MR) is 53.2 cm³/mol. The maximum atomic E-state index is 9.45. The number of phenolic OH excluding ortho intramolecular Hbond substituents is 1. The number of hydrogen-bond donors (Lipinski definition) is 3. The van der Waals surface area contributed by atoms with Crippen LogP contribution in [0.1, 0.15) is 0 Å². The first-order valence-electron chi connectivity index (χ1n) is 4.13. The van der Waals surface area contributed by atoms with Gasteiger partial charge in [-0.25, -0.2) is 0 Å². The van der Waals surface area contributed by atoms with Crippen LogP contribution in [0, 0.1) is 0 Å². The Morgan fingerprint density at radius 3 is 2.64 bits per heavy atom. The minimum absolute atomic E-state index is 0.0324. The van der Waals surface area contributed by atoms with E-state index in [4.69, 9.17) is 10.0 Å². The topological polar surface area (TPSA) is 73.6 Å². The number of phenols is 1. The monoisotopic (exact) mass is 189 g/mol. The molecule has 0 aliphatic rings. The summed E-state index contributed by atoms with van der Waals surface area (Å²) in [5.74, 6) is 0.0324. The van der Waals surface area contributed by atoms with Crippen LogP contribution < -0.4 is 5.46 Å². The molecule has 1 heterocycles. The Hall–Kier alpha value is -1.59. The van der Waals surface area contributed by atoms with Crippen molar-refractivity contribution in [2.24, 2.45) is 0 Å². The van der Waals surface area contributed by atoms with Crippen molar-refractivity contribution in [1.82, 2.24) is 4.98 Å². The van der Waals surface area contributed by atoms with Crippen LogP contribution in [0.25, 0.3) is 10.9 Å². The van der Waals surface area contributed by atoms with Crippen molar-refractivity contribution in [3.05, 3.63) is 30.5 Å². The Bertz CT molecular complexity index is 473. The molecular formula is C9H8BNO3. The van der Waals surface area contributed by atoms with Gasteiger partial charge >= 0.3 is 7.12 Å². The molecule has 0 bridgehead atoms. The van der Waals surface area contributed by atoms with Crippen molar-refractivity contribution in [2.45, 2.75) is 0 Å². The molecular weight excluding hydrogens is 181 g/mol. The zero-order valence-corrected chi connectivity index (χ0v) is 7.25. The van der Waals surface area contributed by atoms with Gasteiger partial charge in [-0.2, -0.15) is 0 Å². The maximum Gasteiger partial charge on any atom is 0.489 e. The number of rotatable bonds is 1. The van der Waals surface area contributed by atoms with Crippen molar-refractivity contribution in [3.8, 4) is 5.75 Å². The van der Waals surface area contributed by atoms with E-state index in [1.165, 1.54) is 18.3 Å². The van der Waals surface area contributed by atoms with Crippen LogP contribution in [-0.2, 0) is 0 Å². The molecule has 0 spiro atoms. The third-order valence-electron chi connectivity index (χ3n) is 2.06. The van der Waals surface area contributed by atoms with Crippen molar-refractivity contribution < 1.29 is 15.2 Å². The summed E-state index contributed by atoms with van der Waals surface area (Å²) in [6, 6.07) is 6.21. The molecule has 1 aromatic carbocycles.